The van der Waals surface area contributed by atoms with Crippen molar-refractivity contribution in [3.63, 3.8) is 0 Å². The van der Waals surface area contributed by atoms with Gasteiger partial charge in [-0.1, -0.05) is 44.2 Å². The van der Waals surface area contributed by atoms with E-state index >= 15 is 0 Å². The van der Waals surface area contributed by atoms with E-state index in [0.29, 0.717) is 6.61 Å². The number of hydrogen-bond donors (Lipinski definition) is 3. The van der Waals surface area contributed by atoms with Crippen LogP contribution in [0.2, 0.25) is 0 Å². The number of allylic oxidation sites excluding steroid dienone is 4. The van der Waals surface area contributed by atoms with Crippen molar-refractivity contribution in [3.8, 4) is 5.75 Å². The fourth-order valence-electron chi connectivity index (χ4n) is 3.02. The van der Waals surface area contributed by atoms with E-state index in [4.69, 9.17) is 26.2 Å². The zero-order valence-corrected chi connectivity index (χ0v) is 19.9. The molecule has 0 spiro atoms. The van der Waals surface area contributed by atoms with E-state index in [1.54, 1.807) is 0 Å². The van der Waals surface area contributed by atoms with Crippen LogP contribution in [-0.2, 0) is 10.2 Å². The molecule has 1 rings (SSSR count). The second kappa shape index (κ2) is 13.7. The van der Waals surface area contributed by atoms with Crippen LogP contribution in [0.25, 0.3) is 0 Å². The minimum Gasteiger partial charge on any atom is -0.491 e. The highest BCUT2D eigenvalue weighted by atomic mass is 35.5. The zero-order chi connectivity index (χ0) is 23.4. The van der Waals surface area contributed by atoms with Gasteiger partial charge in [0.2, 0.25) is 0 Å². The fraction of sp³-hybridized carbons (Fsp3) is 0.520. The van der Waals surface area contributed by atoms with Crippen molar-refractivity contribution in [1.82, 2.24) is 0 Å². The van der Waals surface area contributed by atoms with Crippen LogP contribution in [0.15, 0.2) is 54.2 Å². The molecule has 0 bridgehead atoms. The van der Waals surface area contributed by atoms with E-state index < -0.39 is 12.2 Å². The Morgan fingerprint density at radius 2 is 1.94 bits per heavy atom. The van der Waals surface area contributed by atoms with Crippen molar-refractivity contribution in [2.75, 3.05) is 32.3 Å². The van der Waals surface area contributed by atoms with Gasteiger partial charge < -0.3 is 24.8 Å². The van der Waals surface area contributed by atoms with Gasteiger partial charge in [0.1, 0.15) is 24.6 Å². The number of aryl methyl sites for hydroxylation is 1. The molecule has 0 aliphatic carbocycles. The SMILES string of the molecule is C=CC/C=C(\C=C(\C)COC[C@H](O)CO)C(C)(C)c1ccc(OC[C@@H](O)CCl)c(C)c1. The number of rotatable bonds is 14. The van der Waals surface area contributed by atoms with Gasteiger partial charge in [0.05, 0.1) is 25.7 Å². The summed E-state index contributed by atoms with van der Waals surface area (Å²) in [7, 11) is 0. The predicted molar refractivity (Wildman–Crippen MR) is 127 cm³/mol. The molecule has 3 N–H and O–H groups in total. The molecule has 0 radical (unpaired) electrons. The topological polar surface area (TPSA) is 79.2 Å². The van der Waals surface area contributed by atoms with Crippen molar-refractivity contribution >= 4 is 11.6 Å². The van der Waals surface area contributed by atoms with E-state index in [1.807, 2.05) is 32.1 Å². The van der Waals surface area contributed by atoms with Crippen molar-refractivity contribution in [2.45, 2.75) is 51.7 Å². The summed E-state index contributed by atoms with van der Waals surface area (Å²) in [6.07, 6.45) is 5.29. The summed E-state index contributed by atoms with van der Waals surface area (Å²) in [5.41, 5.74) is 3.97. The maximum Gasteiger partial charge on any atom is 0.122 e. The molecule has 0 saturated heterocycles. The number of ether oxygens (including phenoxy) is 2. The maximum absolute atomic E-state index is 9.62. The first-order valence-electron chi connectivity index (χ1n) is 10.5. The van der Waals surface area contributed by atoms with Crippen LogP contribution in [0.3, 0.4) is 0 Å². The quantitative estimate of drug-likeness (QED) is 0.225. The third-order valence-corrected chi connectivity index (χ3v) is 5.34. The summed E-state index contributed by atoms with van der Waals surface area (Å²) >= 11 is 5.63. The normalized spacial score (nSPS) is 15.0. The average molecular weight is 453 g/mol. The molecule has 0 heterocycles. The van der Waals surface area contributed by atoms with Gasteiger partial charge >= 0.3 is 0 Å². The monoisotopic (exact) mass is 452 g/mol. The molecule has 1 aromatic rings. The molecule has 2 atom stereocenters. The second-order valence-corrected chi connectivity index (χ2v) is 8.56. The largest absolute Gasteiger partial charge is 0.491 e. The fourth-order valence-corrected chi connectivity index (χ4v) is 3.11. The lowest BCUT2D eigenvalue weighted by atomic mass is 9.76. The number of hydrogen-bond acceptors (Lipinski definition) is 5. The van der Waals surface area contributed by atoms with E-state index in [2.05, 4.69) is 38.6 Å². The number of halogens is 1. The summed E-state index contributed by atoms with van der Waals surface area (Å²) in [6, 6.07) is 6.06. The lowest BCUT2D eigenvalue weighted by molar-refractivity contribution is 0.0132. The first kappa shape index (κ1) is 27.4. The molecule has 1 aromatic carbocycles. The highest BCUT2D eigenvalue weighted by Crippen LogP contribution is 2.35. The van der Waals surface area contributed by atoms with Gasteiger partial charge in [0.25, 0.3) is 0 Å². The summed E-state index contributed by atoms with van der Waals surface area (Å²) < 4.78 is 11.2. The Bertz CT molecular complexity index is 754. The summed E-state index contributed by atoms with van der Waals surface area (Å²) in [5.74, 6) is 0.860. The Hall–Kier alpha value is -1.63. The third kappa shape index (κ3) is 9.17. The molecule has 0 aliphatic heterocycles. The second-order valence-electron chi connectivity index (χ2n) is 8.25. The van der Waals surface area contributed by atoms with E-state index in [1.165, 1.54) is 0 Å². The Morgan fingerprint density at radius 3 is 2.52 bits per heavy atom. The minimum atomic E-state index is -0.866. The van der Waals surface area contributed by atoms with Crippen molar-refractivity contribution < 1.29 is 24.8 Å². The third-order valence-electron chi connectivity index (χ3n) is 4.98. The molecule has 0 aliphatic rings. The van der Waals surface area contributed by atoms with Crippen LogP contribution < -0.4 is 4.74 Å². The molecule has 0 fully saturated rings. The summed E-state index contributed by atoms with van der Waals surface area (Å²) in [5, 5.41) is 28.0. The molecule has 0 unspecified atom stereocenters. The van der Waals surface area contributed by atoms with Crippen LogP contribution in [-0.4, -0.2) is 59.8 Å². The van der Waals surface area contributed by atoms with Gasteiger partial charge in [0, 0.05) is 5.41 Å². The zero-order valence-electron chi connectivity index (χ0n) is 19.1. The molecule has 6 heteroatoms. The van der Waals surface area contributed by atoms with Crippen molar-refractivity contribution in [3.05, 3.63) is 65.3 Å². The van der Waals surface area contributed by atoms with Gasteiger partial charge in [-0.15, -0.1) is 18.2 Å². The first-order valence-corrected chi connectivity index (χ1v) is 11.0. The number of benzene rings is 1. The predicted octanol–water partition coefficient (Wildman–Crippen LogP) is 4.07. The van der Waals surface area contributed by atoms with Gasteiger partial charge in [-0.25, -0.2) is 0 Å². The average Bonchev–Trinajstić information content (AvgIpc) is 2.74. The number of aliphatic hydroxyl groups is 3. The van der Waals surface area contributed by atoms with E-state index in [9.17, 15) is 10.2 Å². The summed E-state index contributed by atoms with van der Waals surface area (Å²) in [6.45, 7) is 12.4. The van der Waals surface area contributed by atoms with Gasteiger partial charge in [-0.3, -0.25) is 0 Å². The van der Waals surface area contributed by atoms with Crippen LogP contribution in [0.1, 0.15) is 38.3 Å². The molecule has 0 amide bonds. The molecule has 174 valence electrons. The molecular formula is C25H37ClO5. The molecular weight excluding hydrogens is 416 g/mol. The van der Waals surface area contributed by atoms with Gasteiger partial charge in [0.15, 0.2) is 0 Å². The lowest BCUT2D eigenvalue weighted by Crippen LogP contribution is -2.22. The van der Waals surface area contributed by atoms with Crippen molar-refractivity contribution in [1.29, 1.82) is 0 Å². The Balaban J connectivity index is 3.06. The van der Waals surface area contributed by atoms with E-state index in [0.717, 1.165) is 34.4 Å². The highest BCUT2D eigenvalue weighted by molar-refractivity contribution is 6.18. The molecule has 0 aromatic heterocycles. The Morgan fingerprint density at radius 1 is 1.23 bits per heavy atom. The highest BCUT2D eigenvalue weighted by Gasteiger charge is 2.25. The number of alkyl halides is 1. The van der Waals surface area contributed by atoms with Gasteiger partial charge in [-0.05, 0) is 48.6 Å². The smallest absolute Gasteiger partial charge is 0.122 e. The van der Waals surface area contributed by atoms with Crippen LogP contribution in [0, 0.1) is 6.92 Å². The Kier molecular flexibility index (Phi) is 12.1. The van der Waals surface area contributed by atoms with E-state index in [-0.39, 0.29) is 31.1 Å². The minimum absolute atomic E-state index is 0.0931. The summed E-state index contributed by atoms with van der Waals surface area (Å²) in [4.78, 5) is 0. The maximum atomic E-state index is 9.62. The first-order chi connectivity index (χ1) is 14.6. The van der Waals surface area contributed by atoms with Gasteiger partial charge in [-0.2, -0.15) is 0 Å². The molecule has 31 heavy (non-hydrogen) atoms. The van der Waals surface area contributed by atoms with Crippen LogP contribution in [0.5, 0.6) is 5.75 Å². The van der Waals surface area contributed by atoms with Crippen LogP contribution in [0.4, 0.5) is 0 Å². The number of aliphatic hydroxyl groups excluding tert-OH is 3. The Labute approximate surface area is 191 Å². The lowest BCUT2D eigenvalue weighted by Gasteiger charge is -2.29. The molecule has 0 saturated carbocycles. The van der Waals surface area contributed by atoms with Crippen molar-refractivity contribution in [2.24, 2.45) is 0 Å². The molecule has 5 nitrogen and oxygen atoms in total. The standard InChI is InChI=1S/C25H37ClO5/c1-6-7-8-20(11-18(2)15-30-16-23(29)14-27)25(4,5)21-9-10-24(19(3)12-21)31-17-22(28)13-26/h6,8-12,22-23,27-29H,1,7,13-17H2,2-5H3/b18-11-,20-8+/t22-,23+/m0/s1. The van der Waals surface area contributed by atoms with Crippen LogP contribution >= 0.6 is 11.6 Å².